The Bertz CT molecular complexity index is 2210. The second kappa shape index (κ2) is 9.28. The van der Waals surface area contributed by atoms with Crippen molar-refractivity contribution < 1.29 is 0 Å². The molecule has 194 valence electrons. The van der Waals surface area contributed by atoms with Gasteiger partial charge < -0.3 is 4.57 Å². The highest BCUT2D eigenvalue weighted by molar-refractivity contribution is 6.09. The summed E-state index contributed by atoms with van der Waals surface area (Å²) in [7, 11) is 2.11. The molecule has 41 heavy (non-hydrogen) atoms. The van der Waals surface area contributed by atoms with Crippen LogP contribution in [0.5, 0.6) is 0 Å². The van der Waals surface area contributed by atoms with E-state index in [9.17, 15) is 0 Å². The Kier molecular flexibility index (Phi) is 5.28. The molecule has 0 N–H and O–H groups in total. The first-order valence-electron chi connectivity index (χ1n) is 13.7. The molecule has 0 unspecified atom stereocenters. The van der Waals surface area contributed by atoms with Crippen molar-refractivity contribution >= 4 is 33.0 Å². The third-order valence-corrected chi connectivity index (χ3v) is 7.83. The van der Waals surface area contributed by atoms with Crippen molar-refractivity contribution in [2.45, 2.75) is 0 Å². The zero-order valence-electron chi connectivity index (χ0n) is 22.4. The number of nitrogens with zero attached hydrogens (tertiary/aromatic N) is 5. The standard InChI is InChI=1S/C36H25N5/c1-40-34-28(24-10-3-2-4-11-24)14-8-17-32(34)39-35(40)26-18-19-29-30-15-9-21-38-36(30)41(33(29)23-26)27-13-7-12-25(22-27)31-16-5-6-20-37-31/h2-23H,1H3. The Morgan fingerprint density at radius 1 is 0.585 bits per heavy atom. The van der Waals surface area contributed by atoms with Gasteiger partial charge in [0.15, 0.2) is 0 Å². The summed E-state index contributed by atoms with van der Waals surface area (Å²) in [5.41, 5.74) is 10.6. The number of rotatable bonds is 4. The molecule has 4 aromatic carbocycles. The van der Waals surface area contributed by atoms with Gasteiger partial charge in [0.05, 0.1) is 22.2 Å². The summed E-state index contributed by atoms with van der Waals surface area (Å²) >= 11 is 0. The first-order valence-corrected chi connectivity index (χ1v) is 13.7. The fourth-order valence-electron chi connectivity index (χ4n) is 5.96. The van der Waals surface area contributed by atoms with Crippen LogP contribution in [0.4, 0.5) is 0 Å². The molecule has 0 bridgehead atoms. The van der Waals surface area contributed by atoms with E-state index in [1.54, 1.807) is 0 Å². The Hall–Kier alpha value is -5.55. The molecule has 0 atom stereocenters. The minimum Gasteiger partial charge on any atom is -0.327 e. The lowest BCUT2D eigenvalue weighted by molar-refractivity contribution is 0.960. The van der Waals surface area contributed by atoms with Crippen molar-refractivity contribution in [1.82, 2.24) is 24.1 Å². The van der Waals surface area contributed by atoms with Crippen LogP contribution in [0, 0.1) is 0 Å². The van der Waals surface area contributed by atoms with Crippen LogP contribution < -0.4 is 0 Å². The lowest BCUT2D eigenvalue weighted by Gasteiger charge is -2.10. The topological polar surface area (TPSA) is 48.5 Å². The summed E-state index contributed by atoms with van der Waals surface area (Å²) in [6, 6.07) is 42.1. The Morgan fingerprint density at radius 2 is 1.41 bits per heavy atom. The SMILES string of the molecule is Cn1c(-c2ccc3c4cccnc4n(-c4cccc(-c5ccccn5)c4)c3c2)nc2cccc(-c3ccccc3)c21. The number of fused-ring (bicyclic) bond motifs is 4. The molecular weight excluding hydrogens is 502 g/mol. The molecule has 0 aliphatic heterocycles. The maximum atomic E-state index is 5.12. The highest BCUT2D eigenvalue weighted by atomic mass is 15.1. The van der Waals surface area contributed by atoms with Crippen LogP contribution in [-0.2, 0) is 7.05 Å². The van der Waals surface area contributed by atoms with Crippen LogP contribution in [0.3, 0.4) is 0 Å². The maximum Gasteiger partial charge on any atom is 0.145 e. The van der Waals surface area contributed by atoms with Gasteiger partial charge in [0.1, 0.15) is 11.5 Å². The van der Waals surface area contributed by atoms with Gasteiger partial charge in [-0.2, -0.15) is 0 Å². The molecule has 0 radical (unpaired) electrons. The van der Waals surface area contributed by atoms with E-state index in [0.717, 1.165) is 61.3 Å². The van der Waals surface area contributed by atoms with Crippen molar-refractivity contribution in [3.8, 4) is 39.5 Å². The predicted molar refractivity (Wildman–Crippen MR) is 167 cm³/mol. The van der Waals surface area contributed by atoms with Crippen LogP contribution in [-0.4, -0.2) is 24.1 Å². The smallest absolute Gasteiger partial charge is 0.145 e. The molecule has 8 aromatic rings. The van der Waals surface area contributed by atoms with Gasteiger partial charge in [-0.3, -0.25) is 9.55 Å². The molecule has 4 heterocycles. The summed E-state index contributed by atoms with van der Waals surface area (Å²) < 4.78 is 4.46. The van der Waals surface area contributed by atoms with Crippen molar-refractivity contribution in [3.05, 3.63) is 134 Å². The number of pyridine rings is 2. The molecule has 0 aliphatic carbocycles. The summed E-state index contributed by atoms with van der Waals surface area (Å²) in [4.78, 5) is 14.5. The van der Waals surface area contributed by atoms with E-state index in [4.69, 9.17) is 9.97 Å². The Morgan fingerprint density at radius 3 is 2.29 bits per heavy atom. The van der Waals surface area contributed by atoms with Gasteiger partial charge in [-0.15, -0.1) is 0 Å². The summed E-state index contributed by atoms with van der Waals surface area (Å²) in [6.45, 7) is 0. The van der Waals surface area contributed by atoms with Gasteiger partial charge in [0.2, 0.25) is 0 Å². The van der Waals surface area contributed by atoms with Gasteiger partial charge in [0.25, 0.3) is 0 Å². The van der Waals surface area contributed by atoms with E-state index in [0.29, 0.717) is 0 Å². The number of aryl methyl sites for hydroxylation is 1. The lowest BCUT2D eigenvalue weighted by Crippen LogP contribution is -1.97. The summed E-state index contributed by atoms with van der Waals surface area (Å²) in [5.74, 6) is 0.928. The molecule has 5 nitrogen and oxygen atoms in total. The fourth-order valence-corrected chi connectivity index (χ4v) is 5.96. The van der Waals surface area contributed by atoms with Gasteiger partial charge in [-0.05, 0) is 54.1 Å². The van der Waals surface area contributed by atoms with E-state index < -0.39 is 0 Å². The molecular formula is C36H25N5. The van der Waals surface area contributed by atoms with Crippen LogP contribution >= 0.6 is 0 Å². The number of para-hydroxylation sites is 1. The molecule has 8 rings (SSSR count). The zero-order valence-corrected chi connectivity index (χ0v) is 22.4. The third-order valence-electron chi connectivity index (χ3n) is 7.83. The molecule has 5 heteroatoms. The van der Waals surface area contributed by atoms with Crippen molar-refractivity contribution in [1.29, 1.82) is 0 Å². The van der Waals surface area contributed by atoms with Gasteiger partial charge >= 0.3 is 0 Å². The third kappa shape index (κ3) is 3.74. The molecule has 0 fully saturated rings. The van der Waals surface area contributed by atoms with Crippen LogP contribution in [0.25, 0.3) is 72.4 Å². The monoisotopic (exact) mass is 527 g/mol. The lowest BCUT2D eigenvalue weighted by atomic mass is 10.0. The molecule has 4 aromatic heterocycles. The molecule has 0 saturated heterocycles. The largest absolute Gasteiger partial charge is 0.327 e. The second-order valence-electron chi connectivity index (χ2n) is 10.2. The zero-order chi connectivity index (χ0) is 27.3. The maximum absolute atomic E-state index is 5.12. The summed E-state index contributed by atoms with van der Waals surface area (Å²) in [5, 5.41) is 2.28. The van der Waals surface area contributed by atoms with E-state index in [2.05, 4.69) is 112 Å². The number of benzene rings is 4. The number of hydrogen-bond donors (Lipinski definition) is 0. The van der Waals surface area contributed by atoms with E-state index in [1.807, 2.05) is 42.7 Å². The quantitative estimate of drug-likeness (QED) is 0.231. The minimum atomic E-state index is 0.925. The first-order chi connectivity index (χ1) is 20.3. The molecule has 0 amide bonds. The van der Waals surface area contributed by atoms with E-state index in [-0.39, 0.29) is 0 Å². The molecule has 0 spiro atoms. The van der Waals surface area contributed by atoms with Crippen molar-refractivity contribution in [2.75, 3.05) is 0 Å². The fraction of sp³-hybridized carbons (Fsp3) is 0.0278. The van der Waals surface area contributed by atoms with Crippen molar-refractivity contribution in [2.24, 2.45) is 7.05 Å². The second-order valence-corrected chi connectivity index (χ2v) is 10.2. The van der Waals surface area contributed by atoms with Crippen LogP contribution in [0.15, 0.2) is 134 Å². The minimum absolute atomic E-state index is 0.925. The van der Waals surface area contributed by atoms with Gasteiger partial charge in [0, 0.05) is 52.6 Å². The summed E-state index contributed by atoms with van der Waals surface area (Å²) in [6.07, 6.45) is 3.69. The van der Waals surface area contributed by atoms with Gasteiger partial charge in [-0.25, -0.2) is 9.97 Å². The average Bonchev–Trinajstić information content (AvgIpc) is 3.56. The van der Waals surface area contributed by atoms with Crippen molar-refractivity contribution in [3.63, 3.8) is 0 Å². The highest BCUT2D eigenvalue weighted by Crippen LogP contribution is 2.36. The van der Waals surface area contributed by atoms with Crippen LogP contribution in [0.1, 0.15) is 0 Å². The highest BCUT2D eigenvalue weighted by Gasteiger charge is 2.18. The Labute approximate surface area is 237 Å². The molecule has 0 saturated carbocycles. The number of hydrogen-bond acceptors (Lipinski definition) is 3. The van der Waals surface area contributed by atoms with E-state index >= 15 is 0 Å². The normalized spacial score (nSPS) is 11.5. The number of imidazole rings is 1. The van der Waals surface area contributed by atoms with Crippen LogP contribution in [0.2, 0.25) is 0 Å². The Balaban J connectivity index is 1.35. The first kappa shape index (κ1) is 23.3. The number of aromatic nitrogens is 5. The predicted octanol–water partition coefficient (Wildman–Crippen LogP) is 8.46. The van der Waals surface area contributed by atoms with Gasteiger partial charge in [-0.1, -0.05) is 72.8 Å². The van der Waals surface area contributed by atoms with E-state index in [1.165, 1.54) is 11.1 Å². The average molecular weight is 528 g/mol. The molecule has 0 aliphatic rings.